The molecule has 1 aliphatic rings. The number of halogens is 2. The quantitative estimate of drug-likeness (QED) is 0.773. The molecular weight excluding hydrogens is 345 g/mol. The molecule has 0 aliphatic carbocycles. The third-order valence-corrected chi connectivity index (χ3v) is 6.81. The summed E-state index contributed by atoms with van der Waals surface area (Å²) in [6, 6.07) is 2.57. The molecule has 1 unspecified atom stereocenters. The maximum absolute atomic E-state index is 13.3. The highest BCUT2D eigenvalue weighted by atomic mass is 79.9. The van der Waals surface area contributed by atoms with E-state index in [9.17, 15) is 12.8 Å². The SMILES string of the molecule is Cc1cc(F)cc(C)c1S(=O)(=O)N1CCCC(CBr)C1. The topological polar surface area (TPSA) is 37.4 Å². The Morgan fingerprint density at radius 1 is 1.35 bits per heavy atom. The van der Waals surface area contributed by atoms with Crippen molar-refractivity contribution in [2.75, 3.05) is 18.4 Å². The molecule has 1 heterocycles. The Kier molecular flexibility index (Phi) is 4.87. The summed E-state index contributed by atoms with van der Waals surface area (Å²) in [6.45, 7) is 4.37. The van der Waals surface area contributed by atoms with Gasteiger partial charge in [-0.25, -0.2) is 12.8 Å². The Balaban J connectivity index is 2.40. The second-order valence-corrected chi connectivity index (χ2v) is 7.92. The van der Waals surface area contributed by atoms with Gasteiger partial charge in [-0.15, -0.1) is 0 Å². The van der Waals surface area contributed by atoms with Crippen LogP contribution in [0.25, 0.3) is 0 Å². The Bertz CT molecular complexity index is 580. The van der Waals surface area contributed by atoms with Gasteiger partial charge in [0.1, 0.15) is 5.82 Å². The van der Waals surface area contributed by atoms with Crippen molar-refractivity contribution in [1.82, 2.24) is 4.31 Å². The molecule has 1 aromatic carbocycles. The Morgan fingerprint density at radius 3 is 2.50 bits per heavy atom. The van der Waals surface area contributed by atoms with Crippen LogP contribution in [0.4, 0.5) is 4.39 Å². The molecule has 3 nitrogen and oxygen atoms in total. The lowest BCUT2D eigenvalue weighted by Crippen LogP contribution is -2.40. The van der Waals surface area contributed by atoms with Crippen molar-refractivity contribution in [3.05, 3.63) is 29.1 Å². The summed E-state index contributed by atoms with van der Waals surface area (Å²) < 4.78 is 40.5. The number of aryl methyl sites for hydroxylation is 2. The minimum atomic E-state index is -3.54. The fourth-order valence-electron chi connectivity index (χ4n) is 2.80. The van der Waals surface area contributed by atoms with Gasteiger partial charge in [0, 0.05) is 18.4 Å². The summed E-state index contributed by atoms with van der Waals surface area (Å²) in [4.78, 5) is 0.258. The number of alkyl halides is 1. The molecular formula is C14H19BrFNO2S. The highest BCUT2D eigenvalue weighted by Crippen LogP contribution is 2.29. The van der Waals surface area contributed by atoms with E-state index in [0.717, 1.165) is 18.2 Å². The molecule has 0 spiro atoms. The molecule has 112 valence electrons. The number of nitrogens with zero attached hydrogens (tertiary/aromatic N) is 1. The first-order valence-corrected chi connectivity index (χ1v) is 9.25. The van der Waals surface area contributed by atoms with Crippen LogP contribution in [0.15, 0.2) is 17.0 Å². The van der Waals surface area contributed by atoms with Crippen molar-refractivity contribution in [1.29, 1.82) is 0 Å². The monoisotopic (exact) mass is 363 g/mol. The third-order valence-electron chi connectivity index (χ3n) is 3.72. The van der Waals surface area contributed by atoms with Gasteiger partial charge in [0.15, 0.2) is 0 Å². The summed E-state index contributed by atoms with van der Waals surface area (Å²) >= 11 is 3.43. The molecule has 1 saturated heterocycles. The predicted octanol–water partition coefficient (Wildman–Crippen LogP) is 3.24. The van der Waals surface area contributed by atoms with E-state index in [-0.39, 0.29) is 4.90 Å². The molecule has 0 radical (unpaired) electrons. The van der Waals surface area contributed by atoms with Gasteiger partial charge in [0.25, 0.3) is 0 Å². The molecule has 1 atom stereocenters. The maximum Gasteiger partial charge on any atom is 0.243 e. The average molecular weight is 364 g/mol. The summed E-state index contributed by atoms with van der Waals surface area (Å²) in [5, 5.41) is 0.806. The normalized spacial score (nSPS) is 21.1. The zero-order valence-corrected chi connectivity index (χ0v) is 14.1. The van der Waals surface area contributed by atoms with Gasteiger partial charge in [-0.2, -0.15) is 4.31 Å². The fraction of sp³-hybridized carbons (Fsp3) is 0.571. The van der Waals surface area contributed by atoms with Gasteiger partial charge in [-0.05, 0) is 55.9 Å². The summed E-state index contributed by atoms with van der Waals surface area (Å²) in [7, 11) is -3.54. The number of rotatable bonds is 3. The zero-order valence-electron chi connectivity index (χ0n) is 11.7. The average Bonchev–Trinajstić information content (AvgIpc) is 2.37. The van der Waals surface area contributed by atoms with Gasteiger partial charge >= 0.3 is 0 Å². The van der Waals surface area contributed by atoms with E-state index in [2.05, 4.69) is 15.9 Å². The molecule has 0 saturated carbocycles. The minimum Gasteiger partial charge on any atom is -0.207 e. The highest BCUT2D eigenvalue weighted by molar-refractivity contribution is 9.09. The van der Waals surface area contributed by atoms with Crippen LogP contribution in [0.2, 0.25) is 0 Å². The van der Waals surface area contributed by atoms with Crippen molar-refractivity contribution in [2.24, 2.45) is 5.92 Å². The summed E-state index contributed by atoms with van der Waals surface area (Å²) in [6.07, 6.45) is 1.91. The van der Waals surface area contributed by atoms with Gasteiger partial charge in [-0.3, -0.25) is 0 Å². The lowest BCUT2D eigenvalue weighted by molar-refractivity contribution is 0.285. The standard InChI is InChI=1S/C14H19BrFNO2S/c1-10-6-13(16)7-11(2)14(10)20(18,19)17-5-3-4-12(8-15)9-17/h6-7,12H,3-5,8-9H2,1-2H3. The fourth-order valence-corrected chi connectivity index (χ4v) is 5.30. The molecule has 0 bridgehead atoms. The number of benzene rings is 1. The van der Waals surface area contributed by atoms with Gasteiger partial charge < -0.3 is 0 Å². The predicted molar refractivity (Wildman–Crippen MR) is 81.2 cm³/mol. The van der Waals surface area contributed by atoms with Crippen LogP contribution < -0.4 is 0 Å². The van der Waals surface area contributed by atoms with Crippen LogP contribution in [0, 0.1) is 25.6 Å². The first-order valence-electron chi connectivity index (χ1n) is 6.69. The Hall–Kier alpha value is -0.460. The van der Waals surface area contributed by atoms with Crippen molar-refractivity contribution in [2.45, 2.75) is 31.6 Å². The van der Waals surface area contributed by atoms with Crippen molar-refractivity contribution in [3.63, 3.8) is 0 Å². The van der Waals surface area contributed by atoms with Crippen LogP contribution in [0.1, 0.15) is 24.0 Å². The van der Waals surface area contributed by atoms with Crippen molar-refractivity contribution >= 4 is 26.0 Å². The molecule has 0 N–H and O–H groups in total. The van der Waals surface area contributed by atoms with Crippen LogP contribution in [0.3, 0.4) is 0 Å². The van der Waals surface area contributed by atoms with Crippen molar-refractivity contribution in [3.8, 4) is 0 Å². The minimum absolute atomic E-state index is 0.258. The second kappa shape index (κ2) is 6.12. The molecule has 2 rings (SSSR count). The van der Waals surface area contributed by atoms with Gasteiger partial charge in [-0.1, -0.05) is 15.9 Å². The number of hydrogen-bond donors (Lipinski definition) is 0. The molecule has 6 heteroatoms. The van der Waals surface area contributed by atoms with Crippen molar-refractivity contribution < 1.29 is 12.8 Å². The smallest absolute Gasteiger partial charge is 0.207 e. The van der Waals surface area contributed by atoms with E-state index in [4.69, 9.17) is 0 Å². The van der Waals surface area contributed by atoms with Crippen LogP contribution in [-0.4, -0.2) is 31.1 Å². The third kappa shape index (κ3) is 3.07. The summed E-state index contributed by atoms with van der Waals surface area (Å²) in [5.74, 6) is -0.0458. The van der Waals surface area contributed by atoms with E-state index in [1.54, 1.807) is 13.8 Å². The first-order chi connectivity index (χ1) is 9.36. The largest absolute Gasteiger partial charge is 0.243 e. The maximum atomic E-state index is 13.3. The van der Waals surface area contributed by atoms with Crippen LogP contribution >= 0.6 is 15.9 Å². The lowest BCUT2D eigenvalue weighted by atomic mass is 10.0. The molecule has 1 fully saturated rings. The van der Waals surface area contributed by atoms with Crippen LogP contribution in [-0.2, 0) is 10.0 Å². The molecule has 1 aromatic rings. The highest BCUT2D eigenvalue weighted by Gasteiger charge is 2.32. The van der Waals surface area contributed by atoms with E-state index in [1.807, 2.05) is 0 Å². The molecule has 20 heavy (non-hydrogen) atoms. The first kappa shape index (κ1) is 15.9. The van der Waals surface area contributed by atoms with Gasteiger partial charge in [0.05, 0.1) is 4.90 Å². The molecule has 1 aliphatic heterocycles. The molecule has 0 aromatic heterocycles. The Labute approximate surface area is 128 Å². The molecule has 0 amide bonds. The van der Waals surface area contributed by atoms with E-state index in [0.29, 0.717) is 30.1 Å². The zero-order chi connectivity index (χ0) is 14.9. The number of hydrogen-bond acceptors (Lipinski definition) is 2. The Morgan fingerprint density at radius 2 is 1.95 bits per heavy atom. The second-order valence-electron chi connectivity index (χ2n) is 5.39. The van der Waals surface area contributed by atoms with E-state index >= 15 is 0 Å². The van der Waals surface area contributed by atoms with Gasteiger partial charge in [0.2, 0.25) is 10.0 Å². The van der Waals surface area contributed by atoms with Crippen LogP contribution in [0.5, 0.6) is 0 Å². The lowest BCUT2D eigenvalue weighted by Gasteiger charge is -2.31. The van der Waals surface area contributed by atoms with E-state index in [1.165, 1.54) is 16.4 Å². The number of sulfonamides is 1. The number of piperidine rings is 1. The van der Waals surface area contributed by atoms with E-state index < -0.39 is 15.8 Å². The summed E-state index contributed by atoms with van der Waals surface area (Å²) in [5.41, 5.74) is 0.951.